The highest BCUT2D eigenvalue weighted by atomic mass is 16.5. The molecule has 1 atom stereocenters. The van der Waals surface area contributed by atoms with E-state index in [0.29, 0.717) is 16.8 Å². The summed E-state index contributed by atoms with van der Waals surface area (Å²) < 4.78 is 5.22. The predicted octanol–water partition coefficient (Wildman–Crippen LogP) is 2.07. The van der Waals surface area contributed by atoms with Crippen molar-refractivity contribution in [2.24, 2.45) is 0 Å². The van der Waals surface area contributed by atoms with E-state index in [0.717, 1.165) is 18.1 Å². The van der Waals surface area contributed by atoms with Crippen LogP contribution in [-0.2, 0) is 4.79 Å². The number of nitrogens with zero attached hydrogens (tertiary/aromatic N) is 2. The van der Waals surface area contributed by atoms with Crippen molar-refractivity contribution < 1.29 is 24.3 Å². The van der Waals surface area contributed by atoms with Crippen LogP contribution in [0.1, 0.15) is 28.5 Å². The highest BCUT2D eigenvalue weighted by Gasteiger charge is 2.31. The van der Waals surface area contributed by atoms with Gasteiger partial charge in [-0.2, -0.15) is 0 Å². The average molecular weight is 369 g/mol. The molecule has 0 bridgehead atoms. The van der Waals surface area contributed by atoms with Gasteiger partial charge in [-0.1, -0.05) is 35.0 Å². The minimum Gasteiger partial charge on any atom is -0.479 e. The number of hydrogen-bond acceptors (Lipinski definition) is 6. The van der Waals surface area contributed by atoms with Crippen LogP contribution in [-0.4, -0.2) is 44.4 Å². The number of amides is 1. The van der Waals surface area contributed by atoms with Crippen molar-refractivity contribution in [1.82, 2.24) is 15.5 Å². The van der Waals surface area contributed by atoms with Crippen molar-refractivity contribution in [2.75, 3.05) is 6.54 Å². The molecule has 0 saturated carbocycles. The Kier molecular flexibility index (Phi) is 4.67. The normalized spacial score (nSPS) is 13.3. The number of aryl methyl sites for hydroxylation is 2. The fourth-order valence-corrected chi connectivity index (χ4v) is 2.57. The van der Waals surface area contributed by atoms with E-state index in [9.17, 15) is 14.7 Å². The second kappa shape index (κ2) is 6.81. The molecule has 1 unspecified atom stereocenters. The molecule has 8 heteroatoms. The highest BCUT2D eigenvalue weighted by Crippen LogP contribution is 2.27. The van der Waals surface area contributed by atoms with Gasteiger partial charge in [0, 0.05) is 5.56 Å². The Balaban J connectivity index is 2.02. The molecule has 140 valence electrons. The zero-order chi connectivity index (χ0) is 19.8. The number of rotatable bonds is 5. The molecule has 1 amide bonds. The number of aromatic nitrogens is 2. The molecule has 0 aliphatic rings. The van der Waals surface area contributed by atoms with E-state index >= 15 is 0 Å². The number of aliphatic hydroxyl groups is 1. The summed E-state index contributed by atoms with van der Waals surface area (Å²) in [5, 5.41) is 25.6. The first kappa shape index (κ1) is 18.5. The van der Waals surface area contributed by atoms with Crippen molar-refractivity contribution in [3.8, 4) is 11.3 Å². The lowest BCUT2D eigenvalue weighted by atomic mass is 10.0. The van der Waals surface area contributed by atoms with Crippen LogP contribution in [0.3, 0.4) is 0 Å². The van der Waals surface area contributed by atoms with E-state index < -0.39 is 24.0 Å². The maximum absolute atomic E-state index is 12.7. The molecule has 0 saturated heterocycles. The Bertz CT molecular complexity index is 1020. The van der Waals surface area contributed by atoms with Gasteiger partial charge in [-0.3, -0.25) is 4.79 Å². The third-order valence-electron chi connectivity index (χ3n) is 4.26. The lowest BCUT2D eigenvalue weighted by Crippen LogP contribution is -2.46. The molecule has 3 rings (SSSR count). The number of aliphatic carboxylic acids is 1. The molecule has 8 nitrogen and oxygen atoms in total. The summed E-state index contributed by atoms with van der Waals surface area (Å²) >= 11 is 0. The number of hydrogen-bond donors (Lipinski definition) is 3. The molecule has 0 radical (unpaired) electrons. The van der Waals surface area contributed by atoms with E-state index in [2.05, 4.69) is 15.5 Å². The molecule has 0 fully saturated rings. The Morgan fingerprint density at radius 1 is 1.22 bits per heavy atom. The third-order valence-corrected chi connectivity index (χ3v) is 4.26. The smallest absolute Gasteiger partial charge is 0.337 e. The molecule has 0 spiro atoms. The summed E-state index contributed by atoms with van der Waals surface area (Å²) in [4.78, 5) is 28.2. The standard InChI is InChI=1S/C19H19N3O5/c1-10-4-6-12(7-5-10)14-8-13(15-11(2)22-27-17(15)21-14)16(23)20-9-19(3,26)18(24)25/h4-8,26H,9H2,1-3H3,(H,20,23)(H,24,25). The van der Waals surface area contributed by atoms with Crippen molar-refractivity contribution in [2.45, 2.75) is 26.4 Å². The van der Waals surface area contributed by atoms with Crippen LogP contribution >= 0.6 is 0 Å². The van der Waals surface area contributed by atoms with Gasteiger partial charge in [-0.25, -0.2) is 9.78 Å². The summed E-state index contributed by atoms with van der Waals surface area (Å²) in [7, 11) is 0. The molecule has 0 aliphatic heterocycles. The Hall–Kier alpha value is -3.26. The SMILES string of the molecule is Cc1ccc(-c2cc(C(=O)NCC(C)(O)C(=O)O)c3c(C)noc3n2)cc1. The van der Waals surface area contributed by atoms with Gasteiger partial charge in [0.2, 0.25) is 0 Å². The molecule has 2 aromatic heterocycles. The van der Waals surface area contributed by atoms with Crippen LogP contribution < -0.4 is 5.32 Å². The number of fused-ring (bicyclic) bond motifs is 1. The van der Waals surface area contributed by atoms with Crippen molar-refractivity contribution in [3.63, 3.8) is 0 Å². The van der Waals surface area contributed by atoms with E-state index in [-0.39, 0.29) is 11.3 Å². The van der Waals surface area contributed by atoms with Gasteiger partial charge in [0.05, 0.1) is 28.9 Å². The maximum atomic E-state index is 12.7. The zero-order valence-corrected chi connectivity index (χ0v) is 15.1. The predicted molar refractivity (Wildman–Crippen MR) is 97.3 cm³/mol. The summed E-state index contributed by atoms with van der Waals surface area (Å²) in [5.41, 5.74) is 1.27. The number of nitrogens with one attached hydrogen (secondary N) is 1. The second-order valence-electron chi connectivity index (χ2n) is 6.63. The summed E-state index contributed by atoms with van der Waals surface area (Å²) in [6, 6.07) is 9.21. The topological polar surface area (TPSA) is 126 Å². The molecule has 3 N–H and O–H groups in total. The van der Waals surface area contributed by atoms with Gasteiger partial charge in [0.25, 0.3) is 11.6 Å². The maximum Gasteiger partial charge on any atom is 0.337 e. The Morgan fingerprint density at radius 2 is 1.89 bits per heavy atom. The molecule has 27 heavy (non-hydrogen) atoms. The Morgan fingerprint density at radius 3 is 2.52 bits per heavy atom. The Labute approximate surface area is 154 Å². The minimum atomic E-state index is -2.08. The van der Waals surface area contributed by atoms with Crippen LogP contribution in [0.5, 0.6) is 0 Å². The van der Waals surface area contributed by atoms with Gasteiger partial charge < -0.3 is 20.1 Å². The molecular formula is C19H19N3O5. The van der Waals surface area contributed by atoms with Gasteiger partial charge >= 0.3 is 5.97 Å². The number of carboxylic acids is 1. The highest BCUT2D eigenvalue weighted by molar-refractivity contribution is 6.07. The number of benzene rings is 1. The van der Waals surface area contributed by atoms with Crippen LogP contribution in [0.15, 0.2) is 34.9 Å². The number of carbonyl (C=O) groups is 2. The largest absolute Gasteiger partial charge is 0.479 e. The van der Waals surface area contributed by atoms with Crippen LogP contribution in [0.25, 0.3) is 22.4 Å². The fourth-order valence-electron chi connectivity index (χ4n) is 2.57. The van der Waals surface area contributed by atoms with E-state index in [1.165, 1.54) is 0 Å². The third kappa shape index (κ3) is 3.65. The van der Waals surface area contributed by atoms with Crippen LogP contribution in [0.4, 0.5) is 0 Å². The lowest BCUT2D eigenvalue weighted by Gasteiger charge is -2.18. The quantitative estimate of drug-likeness (QED) is 0.628. The van der Waals surface area contributed by atoms with E-state index in [4.69, 9.17) is 9.63 Å². The summed E-state index contributed by atoms with van der Waals surface area (Å²) in [6.45, 7) is 4.31. The average Bonchev–Trinajstić information content (AvgIpc) is 3.00. The van der Waals surface area contributed by atoms with Crippen molar-refractivity contribution in [3.05, 3.63) is 47.2 Å². The summed E-state index contributed by atoms with van der Waals surface area (Å²) in [6.07, 6.45) is 0. The van der Waals surface area contributed by atoms with Gasteiger partial charge in [0.15, 0.2) is 5.60 Å². The minimum absolute atomic E-state index is 0.209. The van der Waals surface area contributed by atoms with Gasteiger partial charge in [-0.05, 0) is 26.8 Å². The van der Waals surface area contributed by atoms with Crippen LogP contribution in [0, 0.1) is 13.8 Å². The molecule has 1 aromatic carbocycles. The molecular weight excluding hydrogens is 350 g/mol. The number of carbonyl (C=O) groups excluding carboxylic acids is 1. The second-order valence-corrected chi connectivity index (χ2v) is 6.63. The van der Waals surface area contributed by atoms with E-state index in [1.54, 1.807) is 13.0 Å². The first-order valence-corrected chi connectivity index (χ1v) is 8.27. The molecule has 2 heterocycles. The zero-order valence-electron chi connectivity index (χ0n) is 15.1. The van der Waals surface area contributed by atoms with Crippen molar-refractivity contribution >= 4 is 23.0 Å². The van der Waals surface area contributed by atoms with Crippen molar-refractivity contribution in [1.29, 1.82) is 0 Å². The first-order chi connectivity index (χ1) is 12.7. The van der Waals surface area contributed by atoms with E-state index in [1.807, 2.05) is 31.2 Å². The lowest BCUT2D eigenvalue weighted by molar-refractivity contribution is -0.155. The summed E-state index contributed by atoms with van der Waals surface area (Å²) in [5.74, 6) is -1.98. The number of carboxylic acid groups (broad SMARTS) is 1. The molecule has 0 aliphatic carbocycles. The molecule has 3 aromatic rings. The van der Waals surface area contributed by atoms with Gasteiger partial charge in [-0.15, -0.1) is 0 Å². The fraction of sp³-hybridized carbons (Fsp3) is 0.263. The first-order valence-electron chi connectivity index (χ1n) is 8.27. The number of pyridine rings is 1. The monoisotopic (exact) mass is 369 g/mol. The van der Waals surface area contributed by atoms with Crippen LogP contribution in [0.2, 0.25) is 0 Å². The van der Waals surface area contributed by atoms with Gasteiger partial charge in [0.1, 0.15) is 0 Å².